The summed E-state index contributed by atoms with van der Waals surface area (Å²) in [5.74, 6) is -0.0232. The molecule has 0 spiro atoms. The molecule has 1 aromatic carbocycles. The van der Waals surface area contributed by atoms with Gasteiger partial charge in [0.05, 0.1) is 5.75 Å². The van der Waals surface area contributed by atoms with Crippen LogP contribution in [-0.2, 0) is 20.3 Å². The minimum absolute atomic E-state index is 0.0343. The lowest BCUT2D eigenvalue weighted by atomic mass is 10.0. The lowest BCUT2D eigenvalue weighted by Gasteiger charge is -2.22. The predicted octanol–water partition coefficient (Wildman–Crippen LogP) is 3.96. The Balaban J connectivity index is 2.20. The number of aryl methyl sites for hydroxylation is 1. The molecule has 0 saturated carbocycles. The number of ether oxygens (including phenoxy) is 1. The smallest absolute Gasteiger partial charge is 0.408 e. The molecule has 29 heavy (non-hydrogen) atoms. The second-order valence-corrected chi connectivity index (χ2v) is 10.3. The molecule has 8 nitrogen and oxygen atoms in total. The first-order chi connectivity index (χ1) is 13.4. The van der Waals surface area contributed by atoms with Crippen molar-refractivity contribution in [3.05, 3.63) is 41.3 Å². The molecule has 0 saturated heterocycles. The summed E-state index contributed by atoms with van der Waals surface area (Å²) in [5, 5.41) is 9.81. The number of aromatic nitrogens is 2. The summed E-state index contributed by atoms with van der Waals surface area (Å²) < 4.78 is 36.0. The zero-order valence-corrected chi connectivity index (χ0v) is 18.5. The molecule has 9 heteroatoms. The summed E-state index contributed by atoms with van der Waals surface area (Å²) in [6.07, 6.45) is -0.149. The number of alkyl carbamates (subject to hydrolysis) is 1. The topological polar surface area (TPSA) is 111 Å². The monoisotopic (exact) mass is 423 g/mol. The summed E-state index contributed by atoms with van der Waals surface area (Å²) in [6, 6.07) is 6.52. The van der Waals surface area contributed by atoms with Gasteiger partial charge in [0, 0.05) is 0 Å². The molecule has 1 aromatic heterocycles. The molecule has 1 N–H and O–H groups in total. The number of benzene rings is 1. The van der Waals surface area contributed by atoms with Gasteiger partial charge in [0.15, 0.2) is 0 Å². The van der Waals surface area contributed by atoms with Crippen molar-refractivity contribution >= 4 is 15.9 Å². The molecular weight excluding hydrogens is 394 g/mol. The van der Waals surface area contributed by atoms with E-state index in [0.717, 1.165) is 5.56 Å². The van der Waals surface area contributed by atoms with Crippen molar-refractivity contribution in [2.24, 2.45) is 5.92 Å². The molecule has 0 fully saturated rings. The van der Waals surface area contributed by atoms with Gasteiger partial charge in [0.25, 0.3) is 0 Å². The normalized spacial score (nSPS) is 13.3. The summed E-state index contributed by atoms with van der Waals surface area (Å²) >= 11 is 0. The number of nitrogens with zero attached hydrogens (tertiary/aromatic N) is 2. The Morgan fingerprint density at radius 2 is 1.79 bits per heavy atom. The van der Waals surface area contributed by atoms with E-state index in [2.05, 4.69) is 15.5 Å². The lowest BCUT2D eigenvalue weighted by molar-refractivity contribution is 0.0487. The maximum absolute atomic E-state index is 12.6. The standard InChI is InChI=1S/C20H29N3O5S/c1-13(2)11-16(21-18(24)28-20(4,5)6)17-22-23-19(27-17)29(25,26)12-15-9-7-14(3)8-10-15/h7-10,13,16H,11-12H2,1-6H3,(H,21,24)/t16-/m0/s1. The van der Waals surface area contributed by atoms with E-state index in [1.165, 1.54) is 0 Å². The molecule has 0 unspecified atom stereocenters. The van der Waals surface area contributed by atoms with E-state index >= 15 is 0 Å². The van der Waals surface area contributed by atoms with Crippen LogP contribution in [0.5, 0.6) is 0 Å². The Bertz CT molecular complexity index is 928. The van der Waals surface area contributed by atoms with E-state index in [9.17, 15) is 13.2 Å². The number of amides is 1. The maximum atomic E-state index is 12.6. The van der Waals surface area contributed by atoms with Crippen LogP contribution in [0.1, 0.15) is 64.1 Å². The molecule has 1 atom stereocenters. The number of sulfone groups is 1. The lowest BCUT2D eigenvalue weighted by Crippen LogP contribution is -2.35. The highest BCUT2D eigenvalue weighted by Gasteiger charge is 2.29. The number of carbonyl (C=O) groups excluding carboxylic acids is 1. The first-order valence-corrected chi connectivity index (χ1v) is 11.1. The van der Waals surface area contributed by atoms with Gasteiger partial charge in [0.1, 0.15) is 11.6 Å². The number of hydrogen-bond acceptors (Lipinski definition) is 7. The SMILES string of the molecule is Cc1ccc(CS(=O)(=O)c2nnc([C@H](CC(C)C)NC(=O)OC(C)(C)C)o2)cc1. The quantitative estimate of drug-likeness (QED) is 0.717. The van der Waals surface area contributed by atoms with E-state index in [4.69, 9.17) is 9.15 Å². The van der Waals surface area contributed by atoms with Crippen LogP contribution in [0.25, 0.3) is 0 Å². The maximum Gasteiger partial charge on any atom is 0.408 e. The van der Waals surface area contributed by atoms with Crippen LogP contribution >= 0.6 is 0 Å². The van der Waals surface area contributed by atoms with E-state index in [0.29, 0.717) is 12.0 Å². The average molecular weight is 424 g/mol. The van der Waals surface area contributed by atoms with Crippen molar-refractivity contribution in [1.29, 1.82) is 0 Å². The van der Waals surface area contributed by atoms with Crippen molar-refractivity contribution in [3.8, 4) is 0 Å². The number of rotatable bonds is 7. The fraction of sp³-hybridized carbons (Fsp3) is 0.550. The van der Waals surface area contributed by atoms with Gasteiger partial charge in [-0.1, -0.05) is 48.8 Å². The first kappa shape index (κ1) is 22.9. The number of hydrogen-bond donors (Lipinski definition) is 1. The molecule has 1 amide bonds. The average Bonchev–Trinajstić information content (AvgIpc) is 3.05. The van der Waals surface area contributed by atoms with Gasteiger partial charge in [-0.25, -0.2) is 13.2 Å². The molecule has 0 aliphatic heterocycles. The van der Waals surface area contributed by atoms with Gasteiger partial charge in [0.2, 0.25) is 15.7 Å². The molecule has 0 aliphatic rings. The number of carbonyl (C=O) groups is 1. The van der Waals surface area contributed by atoms with Gasteiger partial charge < -0.3 is 14.5 Å². The van der Waals surface area contributed by atoms with Crippen molar-refractivity contribution < 1.29 is 22.4 Å². The molecule has 1 heterocycles. The van der Waals surface area contributed by atoms with Crippen LogP contribution < -0.4 is 5.32 Å². The van der Waals surface area contributed by atoms with Gasteiger partial charge in [-0.2, -0.15) is 0 Å². The van der Waals surface area contributed by atoms with Crippen molar-refractivity contribution in [1.82, 2.24) is 15.5 Å². The van der Waals surface area contributed by atoms with E-state index in [-0.39, 0.29) is 17.6 Å². The Morgan fingerprint density at radius 1 is 1.17 bits per heavy atom. The fourth-order valence-electron chi connectivity index (χ4n) is 2.60. The van der Waals surface area contributed by atoms with Crippen molar-refractivity contribution in [2.75, 3.05) is 0 Å². The molecule has 0 radical (unpaired) electrons. The summed E-state index contributed by atoms with van der Waals surface area (Å²) in [4.78, 5) is 12.2. The highest BCUT2D eigenvalue weighted by molar-refractivity contribution is 7.90. The zero-order valence-electron chi connectivity index (χ0n) is 17.7. The van der Waals surface area contributed by atoms with Crippen LogP contribution in [-0.4, -0.2) is 30.3 Å². The minimum atomic E-state index is -3.81. The van der Waals surface area contributed by atoms with Crippen LogP contribution in [0.3, 0.4) is 0 Å². The number of nitrogens with one attached hydrogen (secondary N) is 1. The van der Waals surface area contributed by atoms with E-state index in [1.807, 2.05) is 32.9 Å². The Hall–Kier alpha value is -2.42. The fourth-order valence-corrected chi connectivity index (χ4v) is 3.73. The molecule has 0 bridgehead atoms. The second-order valence-electron chi connectivity index (χ2n) is 8.48. The third kappa shape index (κ3) is 7.16. The Morgan fingerprint density at radius 3 is 2.34 bits per heavy atom. The highest BCUT2D eigenvalue weighted by Crippen LogP contribution is 2.24. The Kier molecular flexibility index (Phi) is 7.05. The first-order valence-electron chi connectivity index (χ1n) is 9.47. The van der Waals surface area contributed by atoms with Gasteiger partial charge in [-0.3, -0.25) is 0 Å². The van der Waals surface area contributed by atoms with Crippen LogP contribution in [0.15, 0.2) is 33.9 Å². The molecule has 2 rings (SSSR count). The summed E-state index contributed by atoms with van der Waals surface area (Å²) in [5.41, 5.74) is 1.00. The van der Waals surface area contributed by atoms with Gasteiger partial charge >= 0.3 is 11.3 Å². The zero-order chi connectivity index (χ0) is 21.8. The van der Waals surface area contributed by atoms with Gasteiger partial charge in [-0.15, -0.1) is 5.10 Å². The molecule has 160 valence electrons. The summed E-state index contributed by atoms with van der Waals surface area (Å²) in [7, 11) is -3.81. The predicted molar refractivity (Wildman–Crippen MR) is 108 cm³/mol. The van der Waals surface area contributed by atoms with Crippen LogP contribution in [0.4, 0.5) is 4.79 Å². The van der Waals surface area contributed by atoms with Crippen LogP contribution in [0.2, 0.25) is 0 Å². The Labute approximate surface area is 172 Å². The van der Waals surface area contributed by atoms with Crippen molar-refractivity contribution in [3.63, 3.8) is 0 Å². The second kappa shape index (κ2) is 8.94. The third-order valence-corrected chi connectivity index (χ3v) is 5.27. The molecular formula is C20H29N3O5S. The van der Waals surface area contributed by atoms with E-state index < -0.39 is 32.8 Å². The third-order valence-electron chi connectivity index (χ3n) is 3.86. The van der Waals surface area contributed by atoms with Crippen LogP contribution in [0, 0.1) is 12.8 Å². The highest BCUT2D eigenvalue weighted by atomic mass is 32.2. The molecule has 0 aliphatic carbocycles. The minimum Gasteiger partial charge on any atom is -0.444 e. The largest absolute Gasteiger partial charge is 0.444 e. The van der Waals surface area contributed by atoms with Gasteiger partial charge in [-0.05, 0) is 45.6 Å². The summed E-state index contributed by atoms with van der Waals surface area (Å²) in [6.45, 7) is 11.1. The van der Waals surface area contributed by atoms with E-state index in [1.54, 1.807) is 32.9 Å². The van der Waals surface area contributed by atoms with Crippen molar-refractivity contribution in [2.45, 2.75) is 70.6 Å². The molecule has 2 aromatic rings.